The maximum atomic E-state index is 11.3. The van der Waals surface area contributed by atoms with E-state index in [1.54, 1.807) is 18.2 Å². The van der Waals surface area contributed by atoms with Crippen LogP contribution in [0, 0.1) is 5.21 Å². The quantitative estimate of drug-likeness (QED) is 0.415. The number of amides is 1. The normalized spacial score (nSPS) is 21.5. The third-order valence-electron chi connectivity index (χ3n) is 1.98. The maximum Gasteiger partial charge on any atom is 0.306 e. The molecule has 5 nitrogen and oxygen atoms in total. The molecule has 0 aliphatic carbocycles. The number of fused-ring (bicyclic) bond motifs is 1. The highest BCUT2D eigenvalue weighted by atomic mass is 16.5. The number of anilines is 1. The number of rotatable bonds is 0. The van der Waals surface area contributed by atoms with Crippen LogP contribution < -0.4 is 10.1 Å². The Labute approximate surface area is 74.3 Å². The smallest absolute Gasteiger partial charge is 0.306 e. The van der Waals surface area contributed by atoms with Crippen molar-refractivity contribution in [3.05, 3.63) is 29.5 Å². The zero-order valence-corrected chi connectivity index (χ0v) is 6.73. The van der Waals surface area contributed by atoms with E-state index in [2.05, 4.69) is 0 Å². The molecule has 68 valence electrons. The summed E-state index contributed by atoms with van der Waals surface area (Å²) >= 11 is 0. The fourth-order valence-corrected chi connectivity index (χ4v) is 1.34. The van der Waals surface area contributed by atoms with Crippen LogP contribution in [-0.4, -0.2) is 17.7 Å². The van der Waals surface area contributed by atoms with Gasteiger partial charge in [0.25, 0.3) is 0 Å². The summed E-state index contributed by atoms with van der Waals surface area (Å²) < 4.78 is 0. The van der Waals surface area contributed by atoms with E-state index in [-0.39, 0.29) is 17.3 Å². The van der Waals surface area contributed by atoms with Gasteiger partial charge in [-0.25, -0.2) is 0 Å². The average molecular weight is 180 g/mol. The first kappa shape index (κ1) is 8.18. The van der Waals surface area contributed by atoms with Crippen LogP contribution in [0.15, 0.2) is 24.3 Å². The first-order chi connectivity index (χ1) is 6.20. The number of benzene rings is 1. The first-order valence-electron chi connectivity index (χ1n) is 3.84. The molecule has 1 atom stereocenters. The number of carbonyl (C=O) groups is 1. The van der Waals surface area contributed by atoms with Crippen LogP contribution in [0.25, 0.3) is 0 Å². The molecule has 0 spiro atoms. The lowest BCUT2D eigenvalue weighted by Crippen LogP contribution is -3.04. The van der Waals surface area contributed by atoms with Gasteiger partial charge < -0.3 is 10.3 Å². The Hall–Kier alpha value is -1.43. The SMILES string of the molecule is O=C1C[NH+]([O-])c2ccccc2N1O. The van der Waals surface area contributed by atoms with Crippen molar-refractivity contribution >= 4 is 17.3 Å². The Bertz CT molecular complexity index is 353. The number of quaternary nitrogens is 1. The van der Waals surface area contributed by atoms with E-state index in [1.807, 2.05) is 0 Å². The molecule has 1 aromatic rings. The van der Waals surface area contributed by atoms with Crippen LogP contribution in [-0.2, 0) is 4.79 Å². The van der Waals surface area contributed by atoms with Crippen molar-refractivity contribution in [2.24, 2.45) is 0 Å². The highest BCUT2D eigenvalue weighted by molar-refractivity contribution is 5.95. The van der Waals surface area contributed by atoms with Gasteiger partial charge in [0, 0.05) is 6.07 Å². The molecule has 1 heterocycles. The minimum Gasteiger partial charge on any atom is -0.628 e. The van der Waals surface area contributed by atoms with Crippen molar-refractivity contribution in [3.8, 4) is 0 Å². The fraction of sp³-hybridized carbons (Fsp3) is 0.125. The van der Waals surface area contributed by atoms with Crippen molar-refractivity contribution in [1.82, 2.24) is 0 Å². The van der Waals surface area contributed by atoms with E-state index >= 15 is 0 Å². The van der Waals surface area contributed by atoms with Crippen LogP contribution in [0.2, 0.25) is 0 Å². The molecule has 0 saturated carbocycles. The van der Waals surface area contributed by atoms with E-state index in [9.17, 15) is 15.2 Å². The molecule has 13 heavy (non-hydrogen) atoms. The molecule has 1 aromatic carbocycles. The van der Waals surface area contributed by atoms with E-state index in [4.69, 9.17) is 0 Å². The molecule has 1 aliphatic rings. The van der Waals surface area contributed by atoms with Gasteiger partial charge in [-0.15, -0.1) is 0 Å². The molecule has 1 aliphatic heterocycles. The zero-order valence-electron chi connectivity index (χ0n) is 6.73. The van der Waals surface area contributed by atoms with Crippen LogP contribution in [0.1, 0.15) is 0 Å². The standard InChI is InChI=1S/C8H8N2O3/c11-8-5-9(12)6-3-1-2-4-7(6)10(8)13/h1-4,9,13H,5H2. The van der Waals surface area contributed by atoms with Gasteiger partial charge in [-0.1, -0.05) is 12.1 Å². The molecule has 1 amide bonds. The summed E-state index contributed by atoms with van der Waals surface area (Å²) in [5.74, 6) is -0.580. The summed E-state index contributed by atoms with van der Waals surface area (Å²) in [7, 11) is 0. The highest BCUT2D eigenvalue weighted by Crippen LogP contribution is 2.22. The van der Waals surface area contributed by atoms with Gasteiger partial charge in [0.1, 0.15) is 5.69 Å². The second-order valence-corrected chi connectivity index (χ2v) is 2.82. The van der Waals surface area contributed by atoms with E-state index < -0.39 is 5.91 Å². The molecule has 2 rings (SSSR count). The maximum absolute atomic E-state index is 11.3. The molecule has 0 radical (unpaired) electrons. The largest absolute Gasteiger partial charge is 0.628 e. The Morgan fingerprint density at radius 3 is 2.92 bits per heavy atom. The van der Waals surface area contributed by atoms with Crippen molar-refractivity contribution in [3.63, 3.8) is 0 Å². The van der Waals surface area contributed by atoms with Gasteiger partial charge in [-0.05, 0) is 6.07 Å². The van der Waals surface area contributed by atoms with Gasteiger partial charge in [0.05, 0.1) is 0 Å². The highest BCUT2D eigenvalue weighted by Gasteiger charge is 2.28. The number of nitrogens with zero attached hydrogens (tertiary/aromatic N) is 1. The monoisotopic (exact) mass is 180 g/mol. The van der Waals surface area contributed by atoms with Gasteiger partial charge in [-0.2, -0.15) is 5.06 Å². The molecule has 2 N–H and O–H groups in total. The predicted octanol–water partition coefficient (Wildman–Crippen LogP) is -0.563. The first-order valence-corrected chi connectivity index (χ1v) is 3.84. The van der Waals surface area contributed by atoms with Crippen molar-refractivity contribution in [2.45, 2.75) is 0 Å². The van der Waals surface area contributed by atoms with Gasteiger partial charge in [-0.3, -0.25) is 10.0 Å². The Morgan fingerprint density at radius 2 is 2.15 bits per heavy atom. The minimum atomic E-state index is -0.580. The predicted molar refractivity (Wildman–Crippen MR) is 44.6 cm³/mol. The molecule has 0 bridgehead atoms. The third-order valence-corrected chi connectivity index (χ3v) is 1.98. The Morgan fingerprint density at radius 1 is 1.46 bits per heavy atom. The fourth-order valence-electron chi connectivity index (χ4n) is 1.34. The lowest BCUT2D eigenvalue weighted by atomic mass is 10.2. The van der Waals surface area contributed by atoms with E-state index in [0.29, 0.717) is 10.8 Å². The molecular weight excluding hydrogens is 172 g/mol. The van der Waals surface area contributed by atoms with Gasteiger partial charge in [0.15, 0.2) is 12.2 Å². The second kappa shape index (κ2) is 2.81. The topological polar surface area (TPSA) is 68.0 Å². The van der Waals surface area contributed by atoms with E-state index in [0.717, 1.165) is 0 Å². The van der Waals surface area contributed by atoms with Crippen LogP contribution >= 0.6 is 0 Å². The van der Waals surface area contributed by atoms with Crippen LogP contribution in [0.5, 0.6) is 0 Å². The van der Waals surface area contributed by atoms with Crippen LogP contribution in [0.4, 0.5) is 11.4 Å². The van der Waals surface area contributed by atoms with Crippen LogP contribution in [0.3, 0.4) is 0 Å². The molecule has 0 aromatic heterocycles. The number of hydrogen-bond acceptors (Lipinski definition) is 3. The third kappa shape index (κ3) is 1.19. The van der Waals surface area contributed by atoms with Crippen molar-refractivity contribution in [2.75, 3.05) is 11.6 Å². The van der Waals surface area contributed by atoms with Gasteiger partial charge in [0.2, 0.25) is 0 Å². The summed E-state index contributed by atoms with van der Waals surface area (Å²) in [6, 6.07) is 6.48. The summed E-state index contributed by atoms with van der Waals surface area (Å²) in [5.41, 5.74) is 0.661. The van der Waals surface area contributed by atoms with E-state index in [1.165, 1.54) is 6.07 Å². The summed E-state index contributed by atoms with van der Waals surface area (Å²) in [6.07, 6.45) is 0. The molecule has 5 heteroatoms. The molecular formula is C8H8N2O3. The minimum absolute atomic E-state index is 0.245. The van der Waals surface area contributed by atoms with Crippen molar-refractivity contribution < 1.29 is 15.1 Å². The Balaban J connectivity index is 2.53. The second-order valence-electron chi connectivity index (χ2n) is 2.82. The lowest BCUT2D eigenvalue weighted by Gasteiger charge is -2.31. The number of hydroxylamine groups is 2. The average Bonchev–Trinajstić information content (AvgIpc) is 2.15. The lowest BCUT2D eigenvalue weighted by molar-refractivity contribution is -0.767. The van der Waals surface area contributed by atoms with Gasteiger partial charge >= 0.3 is 5.91 Å². The summed E-state index contributed by atoms with van der Waals surface area (Å²) in [4.78, 5) is 11.0. The number of nitrogens with one attached hydrogen (secondary N) is 1. The molecule has 1 unspecified atom stereocenters. The molecule has 0 fully saturated rings. The number of hydrogen-bond donors (Lipinski definition) is 2. The summed E-state index contributed by atoms with van der Waals surface area (Å²) in [5, 5.41) is 20.8. The zero-order chi connectivity index (χ0) is 9.42. The number of carbonyl (C=O) groups excluding carboxylic acids is 1. The summed E-state index contributed by atoms with van der Waals surface area (Å²) in [6.45, 7) is -0.256. The molecule has 0 saturated heterocycles. The van der Waals surface area contributed by atoms with Crippen molar-refractivity contribution in [1.29, 1.82) is 0 Å². The Kier molecular flexibility index (Phi) is 1.77. The number of para-hydroxylation sites is 2.